The first-order valence-corrected chi connectivity index (χ1v) is 7.17. The molecule has 1 aliphatic rings. The fourth-order valence-electron chi connectivity index (χ4n) is 2.63. The second-order valence-electron chi connectivity index (χ2n) is 5.68. The largest absolute Gasteiger partial charge is 0.325 e. The van der Waals surface area contributed by atoms with Crippen LogP contribution in [0.25, 0.3) is 0 Å². The highest BCUT2D eigenvalue weighted by molar-refractivity contribution is 5.84. The van der Waals surface area contributed by atoms with E-state index in [-0.39, 0.29) is 18.1 Å². The lowest BCUT2D eigenvalue weighted by Gasteiger charge is -2.20. The molecule has 104 valence electrons. The Kier molecular flexibility index (Phi) is 4.25. The highest BCUT2D eigenvalue weighted by Crippen LogP contribution is 2.26. The van der Waals surface area contributed by atoms with Crippen molar-refractivity contribution in [1.29, 1.82) is 0 Å². The minimum Gasteiger partial charge on any atom is -0.325 e. The summed E-state index contributed by atoms with van der Waals surface area (Å²) in [5.74, 6) is 0.748. The molecule has 3 nitrogen and oxygen atoms in total. The summed E-state index contributed by atoms with van der Waals surface area (Å²) in [7, 11) is 1.88. The molecule has 2 unspecified atom stereocenters. The minimum absolute atomic E-state index is 0.0188. The lowest BCUT2D eigenvalue weighted by molar-refractivity contribution is -0.128. The van der Waals surface area contributed by atoms with E-state index >= 15 is 0 Å². The number of hydrogen-bond acceptors (Lipinski definition) is 2. The molecule has 1 heterocycles. The van der Waals surface area contributed by atoms with Crippen molar-refractivity contribution in [2.75, 3.05) is 7.05 Å². The van der Waals surface area contributed by atoms with Gasteiger partial charge in [-0.25, -0.2) is 0 Å². The number of likely N-dealkylation sites (N-methyl/N-ethyl adjacent to an activating group) is 1. The number of nitrogens with one attached hydrogen (secondary N) is 1. The molecular formula is C16H24N2O. The van der Waals surface area contributed by atoms with E-state index in [9.17, 15) is 4.79 Å². The summed E-state index contributed by atoms with van der Waals surface area (Å²) in [5, 5.41) is 3.43. The molecule has 1 amide bonds. The van der Waals surface area contributed by atoms with Crippen LogP contribution in [-0.4, -0.2) is 23.9 Å². The van der Waals surface area contributed by atoms with Crippen LogP contribution in [0, 0.1) is 0 Å². The quantitative estimate of drug-likeness (QED) is 0.902. The van der Waals surface area contributed by atoms with Gasteiger partial charge in [0.15, 0.2) is 0 Å². The van der Waals surface area contributed by atoms with Crippen molar-refractivity contribution in [1.82, 2.24) is 10.2 Å². The molecule has 19 heavy (non-hydrogen) atoms. The van der Waals surface area contributed by atoms with Crippen LogP contribution in [0.1, 0.15) is 56.8 Å². The molecular weight excluding hydrogens is 236 g/mol. The Morgan fingerprint density at radius 1 is 1.26 bits per heavy atom. The smallest absolute Gasteiger partial charge is 0.241 e. The molecule has 1 N–H and O–H groups in total. The Hall–Kier alpha value is -1.35. The summed E-state index contributed by atoms with van der Waals surface area (Å²) in [6, 6.07) is 8.56. The molecule has 1 aromatic rings. The number of benzene rings is 1. The predicted molar refractivity (Wildman–Crippen MR) is 77.9 cm³/mol. The van der Waals surface area contributed by atoms with Crippen molar-refractivity contribution in [3.05, 3.63) is 35.4 Å². The second-order valence-corrected chi connectivity index (χ2v) is 5.68. The Balaban J connectivity index is 2.15. The van der Waals surface area contributed by atoms with Crippen molar-refractivity contribution in [3.8, 4) is 0 Å². The Labute approximate surface area is 116 Å². The highest BCUT2D eigenvalue weighted by Gasteiger charge is 2.36. The first kappa shape index (κ1) is 14.1. The van der Waals surface area contributed by atoms with E-state index in [0.29, 0.717) is 5.92 Å². The maximum atomic E-state index is 12.1. The molecule has 2 rings (SSSR count). The predicted octanol–water partition coefficient (Wildman–Crippen LogP) is 3.04. The van der Waals surface area contributed by atoms with Gasteiger partial charge in [0, 0.05) is 7.05 Å². The summed E-state index contributed by atoms with van der Waals surface area (Å²) in [6.07, 6.45) is 1.95. The SMILES string of the molecule is CCCC1NC(c2ccc(C(C)C)cc2)N(C)C1=O. The maximum Gasteiger partial charge on any atom is 0.241 e. The number of nitrogens with zero attached hydrogens (tertiary/aromatic N) is 1. The summed E-state index contributed by atoms with van der Waals surface area (Å²) >= 11 is 0. The zero-order valence-corrected chi connectivity index (χ0v) is 12.3. The molecule has 0 radical (unpaired) electrons. The van der Waals surface area contributed by atoms with E-state index in [4.69, 9.17) is 0 Å². The van der Waals surface area contributed by atoms with E-state index in [1.165, 1.54) is 11.1 Å². The molecule has 1 fully saturated rings. The first-order chi connectivity index (χ1) is 9.04. The Bertz CT molecular complexity index is 439. The minimum atomic E-state index is -0.0234. The van der Waals surface area contributed by atoms with E-state index in [0.717, 1.165) is 12.8 Å². The zero-order chi connectivity index (χ0) is 14.0. The number of carbonyl (C=O) groups excluding carboxylic acids is 1. The van der Waals surface area contributed by atoms with Crippen LogP contribution < -0.4 is 5.32 Å². The molecule has 1 saturated heterocycles. The normalized spacial score (nSPS) is 23.4. The first-order valence-electron chi connectivity index (χ1n) is 7.17. The third-order valence-electron chi connectivity index (χ3n) is 3.89. The summed E-state index contributed by atoms with van der Waals surface area (Å²) in [6.45, 7) is 6.49. The van der Waals surface area contributed by atoms with Gasteiger partial charge in [-0.1, -0.05) is 51.5 Å². The molecule has 1 aromatic carbocycles. The van der Waals surface area contributed by atoms with Gasteiger partial charge in [-0.05, 0) is 23.5 Å². The zero-order valence-electron chi connectivity index (χ0n) is 12.3. The van der Waals surface area contributed by atoms with Gasteiger partial charge in [-0.2, -0.15) is 0 Å². The van der Waals surface area contributed by atoms with Crippen molar-refractivity contribution in [2.24, 2.45) is 0 Å². The fourth-order valence-corrected chi connectivity index (χ4v) is 2.63. The second kappa shape index (κ2) is 5.74. The molecule has 0 bridgehead atoms. The molecule has 0 saturated carbocycles. The van der Waals surface area contributed by atoms with Gasteiger partial charge in [0.2, 0.25) is 5.91 Å². The molecule has 1 aliphatic heterocycles. The average Bonchev–Trinajstić information content (AvgIpc) is 2.68. The highest BCUT2D eigenvalue weighted by atomic mass is 16.2. The molecule has 0 aliphatic carbocycles. The molecule has 0 aromatic heterocycles. The van der Waals surface area contributed by atoms with Crippen molar-refractivity contribution >= 4 is 5.91 Å². The summed E-state index contributed by atoms with van der Waals surface area (Å²) < 4.78 is 0. The van der Waals surface area contributed by atoms with E-state index in [2.05, 4.69) is 50.4 Å². The molecule has 3 heteroatoms. The number of carbonyl (C=O) groups is 1. The molecule has 2 atom stereocenters. The van der Waals surface area contributed by atoms with Crippen LogP contribution in [0.15, 0.2) is 24.3 Å². The van der Waals surface area contributed by atoms with Crippen LogP contribution in [0.5, 0.6) is 0 Å². The van der Waals surface area contributed by atoms with E-state index in [1.807, 2.05) is 11.9 Å². The van der Waals surface area contributed by atoms with E-state index < -0.39 is 0 Å². The van der Waals surface area contributed by atoms with Gasteiger partial charge in [-0.15, -0.1) is 0 Å². The monoisotopic (exact) mass is 260 g/mol. The van der Waals surface area contributed by atoms with Crippen molar-refractivity contribution in [2.45, 2.75) is 51.7 Å². The average molecular weight is 260 g/mol. The van der Waals surface area contributed by atoms with Gasteiger partial charge < -0.3 is 4.90 Å². The standard InChI is InChI=1S/C16H24N2O/c1-5-6-14-16(19)18(4)15(17-14)13-9-7-12(8-10-13)11(2)3/h7-11,14-15,17H,5-6H2,1-4H3. The van der Waals surface area contributed by atoms with Crippen LogP contribution in [0.3, 0.4) is 0 Å². The van der Waals surface area contributed by atoms with Gasteiger partial charge in [-0.3, -0.25) is 10.1 Å². The number of hydrogen-bond donors (Lipinski definition) is 1. The number of rotatable bonds is 4. The van der Waals surface area contributed by atoms with Crippen molar-refractivity contribution < 1.29 is 4.79 Å². The third-order valence-corrected chi connectivity index (χ3v) is 3.89. The van der Waals surface area contributed by atoms with Gasteiger partial charge >= 0.3 is 0 Å². The fraction of sp³-hybridized carbons (Fsp3) is 0.562. The third kappa shape index (κ3) is 2.81. The number of amides is 1. The van der Waals surface area contributed by atoms with Crippen LogP contribution in [0.4, 0.5) is 0 Å². The lowest BCUT2D eigenvalue weighted by Crippen LogP contribution is -2.28. The van der Waals surface area contributed by atoms with Gasteiger partial charge in [0.25, 0.3) is 0 Å². The van der Waals surface area contributed by atoms with Crippen LogP contribution >= 0.6 is 0 Å². The van der Waals surface area contributed by atoms with Crippen LogP contribution in [-0.2, 0) is 4.79 Å². The van der Waals surface area contributed by atoms with E-state index in [1.54, 1.807) is 0 Å². The lowest BCUT2D eigenvalue weighted by atomic mass is 10.0. The van der Waals surface area contributed by atoms with Crippen molar-refractivity contribution in [3.63, 3.8) is 0 Å². The Morgan fingerprint density at radius 3 is 2.42 bits per heavy atom. The molecule has 0 spiro atoms. The summed E-state index contributed by atoms with van der Waals surface area (Å²) in [4.78, 5) is 13.9. The topological polar surface area (TPSA) is 32.3 Å². The Morgan fingerprint density at radius 2 is 1.89 bits per heavy atom. The maximum absolute atomic E-state index is 12.1. The van der Waals surface area contributed by atoms with Crippen LogP contribution in [0.2, 0.25) is 0 Å². The van der Waals surface area contributed by atoms with Gasteiger partial charge in [0.05, 0.1) is 6.04 Å². The summed E-state index contributed by atoms with van der Waals surface area (Å²) in [5.41, 5.74) is 2.50. The van der Waals surface area contributed by atoms with Gasteiger partial charge in [0.1, 0.15) is 6.17 Å².